The lowest BCUT2D eigenvalue weighted by Crippen LogP contribution is -2.31. The number of imidazole rings is 1. The summed E-state index contributed by atoms with van der Waals surface area (Å²) in [7, 11) is 1.85. The van der Waals surface area contributed by atoms with Gasteiger partial charge in [-0.1, -0.05) is 12.1 Å². The van der Waals surface area contributed by atoms with Gasteiger partial charge in [-0.15, -0.1) is 11.3 Å². The maximum atomic E-state index is 13.7. The van der Waals surface area contributed by atoms with E-state index in [1.807, 2.05) is 31.5 Å². The first kappa shape index (κ1) is 16.4. The molecule has 24 heavy (non-hydrogen) atoms. The number of halogens is 1. The SMILES string of the molecule is Cc1cc(C(=O)NC(c2cccc(F)c2)c2nccn2C)c(C)s1. The van der Waals surface area contributed by atoms with Gasteiger partial charge in [0.2, 0.25) is 0 Å². The Labute approximate surface area is 144 Å². The summed E-state index contributed by atoms with van der Waals surface area (Å²) in [6.07, 6.45) is 3.46. The highest BCUT2D eigenvalue weighted by molar-refractivity contribution is 7.12. The number of carbonyl (C=O) groups excluding carboxylic acids is 1. The van der Waals surface area contributed by atoms with Crippen molar-refractivity contribution in [3.05, 3.63) is 75.2 Å². The largest absolute Gasteiger partial charge is 0.338 e. The molecule has 0 aliphatic heterocycles. The third-order valence-electron chi connectivity index (χ3n) is 3.86. The molecule has 0 bridgehead atoms. The second-order valence-corrected chi connectivity index (χ2v) is 7.15. The van der Waals surface area contributed by atoms with Gasteiger partial charge < -0.3 is 9.88 Å². The van der Waals surface area contributed by atoms with E-state index in [-0.39, 0.29) is 11.7 Å². The molecule has 3 aromatic rings. The lowest BCUT2D eigenvalue weighted by Gasteiger charge is -2.19. The molecular weight excluding hydrogens is 325 g/mol. The molecule has 0 aliphatic carbocycles. The molecule has 1 unspecified atom stereocenters. The topological polar surface area (TPSA) is 46.9 Å². The molecule has 0 fully saturated rings. The van der Waals surface area contributed by atoms with Crippen molar-refractivity contribution in [1.29, 1.82) is 0 Å². The highest BCUT2D eigenvalue weighted by Gasteiger charge is 2.23. The predicted octanol–water partition coefficient (Wildman–Crippen LogP) is 3.76. The fraction of sp³-hybridized carbons (Fsp3) is 0.222. The molecule has 1 amide bonds. The zero-order valence-corrected chi connectivity index (χ0v) is 14.5. The van der Waals surface area contributed by atoms with Crippen LogP contribution in [0.1, 0.15) is 37.5 Å². The molecule has 0 aliphatic rings. The maximum Gasteiger partial charge on any atom is 0.253 e. The number of rotatable bonds is 4. The van der Waals surface area contributed by atoms with Crippen molar-refractivity contribution in [3.8, 4) is 0 Å². The Hall–Kier alpha value is -2.47. The highest BCUT2D eigenvalue weighted by Crippen LogP contribution is 2.24. The molecule has 3 rings (SSSR count). The minimum absolute atomic E-state index is 0.186. The van der Waals surface area contributed by atoms with E-state index >= 15 is 0 Å². The van der Waals surface area contributed by atoms with Crippen molar-refractivity contribution in [2.24, 2.45) is 7.05 Å². The van der Waals surface area contributed by atoms with Gasteiger partial charge in [-0.25, -0.2) is 9.37 Å². The third-order valence-corrected chi connectivity index (χ3v) is 4.83. The first-order valence-corrected chi connectivity index (χ1v) is 8.38. The second-order valence-electron chi connectivity index (χ2n) is 5.68. The van der Waals surface area contributed by atoms with Gasteiger partial charge >= 0.3 is 0 Å². The smallest absolute Gasteiger partial charge is 0.253 e. The second kappa shape index (κ2) is 6.57. The quantitative estimate of drug-likeness (QED) is 0.784. The van der Waals surface area contributed by atoms with E-state index in [1.54, 1.807) is 35.9 Å². The third kappa shape index (κ3) is 3.23. The number of hydrogen-bond acceptors (Lipinski definition) is 3. The molecule has 124 valence electrons. The number of aromatic nitrogens is 2. The van der Waals surface area contributed by atoms with E-state index in [9.17, 15) is 9.18 Å². The normalized spacial score (nSPS) is 12.2. The minimum Gasteiger partial charge on any atom is -0.338 e. The fourth-order valence-electron chi connectivity index (χ4n) is 2.70. The minimum atomic E-state index is -0.521. The number of thiophene rings is 1. The number of amides is 1. The Bertz CT molecular complexity index is 884. The van der Waals surface area contributed by atoms with Crippen molar-refractivity contribution < 1.29 is 9.18 Å². The van der Waals surface area contributed by atoms with E-state index < -0.39 is 6.04 Å². The van der Waals surface area contributed by atoms with Crippen molar-refractivity contribution in [2.75, 3.05) is 0 Å². The molecule has 4 nitrogen and oxygen atoms in total. The molecule has 0 saturated carbocycles. The number of hydrogen-bond donors (Lipinski definition) is 1. The molecule has 1 aromatic carbocycles. The predicted molar refractivity (Wildman–Crippen MR) is 92.7 cm³/mol. The molecule has 1 N–H and O–H groups in total. The fourth-order valence-corrected chi connectivity index (χ4v) is 3.62. The first-order valence-electron chi connectivity index (χ1n) is 7.56. The van der Waals surface area contributed by atoms with E-state index in [2.05, 4.69) is 10.3 Å². The van der Waals surface area contributed by atoms with Gasteiger partial charge in [0, 0.05) is 29.2 Å². The van der Waals surface area contributed by atoms with Crippen LogP contribution in [0.3, 0.4) is 0 Å². The van der Waals surface area contributed by atoms with Crippen LogP contribution < -0.4 is 5.32 Å². The molecule has 2 aromatic heterocycles. The zero-order chi connectivity index (χ0) is 17.3. The number of aryl methyl sites for hydroxylation is 3. The van der Waals surface area contributed by atoms with Crippen molar-refractivity contribution in [1.82, 2.24) is 14.9 Å². The number of benzene rings is 1. The van der Waals surface area contributed by atoms with E-state index in [0.29, 0.717) is 17.0 Å². The van der Waals surface area contributed by atoms with Crippen LogP contribution in [0.4, 0.5) is 4.39 Å². The van der Waals surface area contributed by atoms with Crippen LogP contribution >= 0.6 is 11.3 Å². The van der Waals surface area contributed by atoms with Gasteiger partial charge in [0.1, 0.15) is 17.7 Å². The summed E-state index contributed by atoms with van der Waals surface area (Å²) in [4.78, 5) is 19.1. The number of carbonyl (C=O) groups is 1. The van der Waals surface area contributed by atoms with Gasteiger partial charge in [0.05, 0.1) is 5.56 Å². The molecule has 0 spiro atoms. The van der Waals surface area contributed by atoms with Crippen LogP contribution in [-0.2, 0) is 7.05 Å². The van der Waals surface area contributed by atoms with E-state index in [1.165, 1.54) is 12.1 Å². The number of nitrogens with zero attached hydrogens (tertiary/aromatic N) is 2. The standard InChI is InChI=1S/C18H18FN3OS/c1-11-9-15(12(2)24-11)18(23)21-16(17-20-7-8-22(17)3)13-5-4-6-14(19)10-13/h4-10,16H,1-3H3,(H,21,23). The highest BCUT2D eigenvalue weighted by atomic mass is 32.1. The van der Waals surface area contributed by atoms with Gasteiger partial charge in [0.15, 0.2) is 0 Å². The van der Waals surface area contributed by atoms with Crippen molar-refractivity contribution >= 4 is 17.2 Å². The van der Waals surface area contributed by atoms with Crippen LogP contribution in [0.25, 0.3) is 0 Å². The first-order chi connectivity index (χ1) is 11.5. The zero-order valence-electron chi connectivity index (χ0n) is 13.7. The molecule has 0 saturated heterocycles. The Balaban J connectivity index is 1.98. The molecular formula is C18H18FN3OS. The van der Waals surface area contributed by atoms with E-state index in [4.69, 9.17) is 0 Å². The Kier molecular flexibility index (Phi) is 4.49. The summed E-state index contributed by atoms with van der Waals surface area (Å²) in [6.45, 7) is 3.89. The molecule has 6 heteroatoms. The summed E-state index contributed by atoms with van der Waals surface area (Å²) in [5.41, 5.74) is 1.30. The van der Waals surface area contributed by atoms with E-state index in [0.717, 1.165) is 9.75 Å². The summed E-state index contributed by atoms with van der Waals surface area (Å²) in [6, 6.07) is 7.57. The molecule has 1 atom stereocenters. The molecule has 0 radical (unpaired) electrons. The van der Waals surface area contributed by atoms with Crippen LogP contribution in [-0.4, -0.2) is 15.5 Å². The van der Waals surface area contributed by atoms with Gasteiger partial charge in [-0.2, -0.15) is 0 Å². The van der Waals surface area contributed by atoms with Gasteiger partial charge in [0.25, 0.3) is 5.91 Å². The lowest BCUT2D eigenvalue weighted by molar-refractivity contribution is 0.0941. The van der Waals surface area contributed by atoms with Crippen LogP contribution in [0.15, 0.2) is 42.7 Å². The number of nitrogens with one attached hydrogen (secondary N) is 1. The van der Waals surface area contributed by atoms with Crippen LogP contribution in [0, 0.1) is 19.7 Å². The summed E-state index contributed by atoms with van der Waals surface area (Å²) in [5, 5.41) is 2.99. The Morgan fingerprint density at radius 1 is 1.33 bits per heavy atom. The molecule has 2 heterocycles. The van der Waals surface area contributed by atoms with Gasteiger partial charge in [-0.05, 0) is 37.6 Å². The Morgan fingerprint density at radius 3 is 2.71 bits per heavy atom. The maximum absolute atomic E-state index is 13.7. The monoisotopic (exact) mass is 343 g/mol. The summed E-state index contributed by atoms with van der Waals surface area (Å²) < 4.78 is 15.5. The summed E-state index contributed by atoms with van der Waals surface area (Å²) >= 11 is 1.58. The van der Waals surface area contributed by atoms with Crippen molar-refractivity contribution in [3.63, 3.8) is 0 Å². The van der Waals surface area contributed by atoms with Crippen molar-refractivity contribution in [2.45, 2.75) is 19.9 Å². The average molecular weight is 343 g/mol. The van der Waals surface area contributed by atoms with Gasteiger partial charge in [-0.3, -0.25) is 4.79 Å². The lowest BCUT2D eigenvalue weighted by atomic mass is 10.1. The average Bonchev–Trinajstić information content (AvgIpc) is 3.10. The Morgan fingerprint density at radius 2 is 2.12 bits per heavy atom. The van der Waals surface area contributed by atoms with Crippen LogP contribution in [0.2, 0.25) is 0 Å². The van der Waals surface area contributed by atoms with Crippen LogP contribution in [0.5, 0.6) is 0 Å². The summed E-state index contributed by atoms with van der Waals surface area (Å²) in [5.74, 6) is 0.121.